The Morgan fingerprint density at radius 1 is 1.47 bits per heavy atom. The molecule has 0 fully saturated rings. The van der Waals surface area contributed by atoms with Crippen LogP contribution < -0.4 is 4.74 Å². The fourth-order valence-corrected chi connectivity index (χ4v) is 2.21. The molecule has 0 saturated carbocycles. The van der Waals surface area contributed by atoms with E-state index < -0.39 is 5.97 Å². The van der Waals surface area contributed by atoms with E-state index in [0.29, 0.717) is 11.3 Å². The first-order chi connectivity index (χ1) is 9.09. The van der Waals surface area contributed by atoms with Crippen molar-refractivity contribution in [1.29, 1.82) is 0 Å². The van der Waals surface area contributed by atoms with Crippen molar-refractivity contribution >= 4 is 11.9 Å². The monoisotopic (exact) mass is 263 g/mol. The van der Waals surface area contributed by atoms with Gasteiger partial charge in [-0.25, -0.2) is 0 Å². The van der Waals surface area contributed by atoms with E-state index in [9.17, 15) is 9.59 Å². The van der Waals surface area contributed by atoms with Gasteiger partial charge in [-0.05, 0) is 25.0 Å². The lowest BCUT2D eigenvalue weighted by Crippen LogP contribution is -2.26. The molecule has 0 saturated heterocycles. The Morgan fingerprint density at radius 2 is 2.26 bits per heavy atom. The summed E-state index contributed by atoms with van der Waals surface area (Å²) in [6, 6.07) is 5.36. The van der Waals surface area contributed by atoms with E-state index >= 15 is 0 Å². The second-order valence-corrected chi connectivity index (χ2v) is 4.60. The lowest BCUT2D eigenvalue weighted by molar-refractivity contribution is -0.137. The molecule has 1 aliphatic heterocycles. The summed E-state index contributed by atoms with van der Waals surface area (Å²) in [5, 5.41) is 8.61. The summed E-state index contributed by atoms with van der Waals surface area (Å²) in [7, 11) is 1.79. The topological polar surface area (TPSA) is 66.8 Å². The van der Waals surface area contributed by atoms with Crippen LogP contribution in [0.3, 0.4) is 0 Å². The van der Waals surface area contributed by atoms with Crippen LogP contribution in [0.2, 0.25) is 0 Å². The first kappa shape index (κ1) is 13.4. The van der Waals surface area contributed by atoms with Gasteiger partial charge in [0.05, 0.1) is 13.0 Å². The minimum Gasteiger partial charge on any atom is -0.493 e. The van der Waals surface area contributed by atoms with Crippen molar-refractivity contribution in [2.75, 3.05) is 20.2 Å². The zero-order chi connectivity index (χ0) is 13.8. The number of carbonyl (C=O) groups excluding carboxylic acids is 1. The molecule has 0 radical (unpaired) electrons. The van der Waals surface area contributed by atoms with E-state index in [0.717, 1.165) is 24.9 Å². The summed E-state index contributed by atoms with van der Waals surface area (Å²) in [6.07, 6.45) is 1.61. The van der Waals surface area contributed by atoms with Gasteiger partial charge in [-0.1, -0.05) is 6.07 Å². The van der Waals surface area contributed by atoms with Crippen LogP contribution >= 0.6 is 0 Å². The van der Waals surface area contributed by atoms with Gasteiger partial charge in [0.25, 0.3) is 5.91 Å². The standard InChI is InChI=1S/C14H17NO4/c1-15-8-3-5-10-11(14(15)18)4-2-6-12(10)19-9-7-13(16)17/h2,4,6H,3,5,7-9H2,1H3,(H,16,17). The van der Waals surface area contributed by atoms with Crippen molar-refractivity contribution in [3.8, 4) is 5.75 Å². The fourth-order valence-electron chi connectivity index (χ4n) is 2.21. The number of carbonyl (C=O) groups is 2. The van der Waals surface area contributed by atoms with E-state index in [-0.39, 0.29) is 18.9 Å². The number of hydrogen-bond donors (Lipinski definition) is 1. The number of amides is 1. The zero-order valence-electron chi connectivity index (χ0n) is 10.9. The Kier molecular flexibility index (Phi) is 4.04. The van der Waals surface area contributed by atoms with Crippen molar-refractivity contribution in [1.82, 2.24) is 4.90 Å². The Morgan fingerprint density at radius 3 is 3.00 bits per heavy atom. The van der Waals surface area contributed by atoms with E-state index in [4.69, 9.17) is 9.84 Å². The van der Waals surface area contributed by atoms with Crippen LogP contribution in [0.5, 0.6) is 5.75 Å². The fraction of sp³-hybridized carbons (Fsp3) is 0.429. The molecule has 102 valence electrons. The molecule has 0 bridgehead atoms. The predicted molar refractivity (Wildman–Crippen MR) is 69.5 cm³/mol. The molecule has 0 aliphatic carbocycles. The summed E-state index contributed by atoms with van der Waals surface area (Å²) in [6.45, 7) is 0.845. The second kappa shape index (κ2) is 5.73. The Labute approximate surface area is 111 Å². The van der Waals surface area contributed by atoms with E-state index in [1.165, 1.54) is 0 Å². The zero-order valence-corrected chi connectivity index (χ0v) is 10.9. The maximum atomic E-state index is 12.1. The molecule has 0 aromatic heterocycles. The van der Waals surface area contributed by atoms with Crippen molar-refractivity contribution in [2.45, 2.75) is 19.3 Å². The quantitative estimate of drug-likeness (QED) is 0.895. The molecule has 5 nitrogen and oxygen atoms in total. The van der Waals surface area contributed by atoms with Crippen molar-refractivity contribution < 1.29 is 19.4 Å². The normalized spacial score (nSPS) is 14.8. The number of ether oxygens (including phenoxy) is 1. The van der Waals surface area contributed by atoms with E-state index in [1.807, 2.05) is 0 Å². The highest BCUT2D eigenvalue weighted by atomic mass is 16.5. The Balaban J connectivity index is 2.22. The summed E-state index contributed by atoms with van der Waals surface area (Å²) in [5.41, 5.74) is 1.55. The number of hydrogen-bond acceptors (Lipinski definition) is 3. The minimum absolute atomic E-state index is 0.00353. The Hall–Kier alpha value is -2.04. The molecule has 1 aliphatic rings. The lowest BCUT2D eigenvalue weighted by Gasteiger charge is -2.15. The van der Waals surface area contributed by atoms with Crippen LogP contribution in [0.1, 0.15) is 28.8 Å². The molecule has 1 aromatic rings. The minimum atomic E-state index is -0.891. The third-order valence-electron chi connectivity index (χ3n) is 3.20. The van der Waals surface area contributed by atoms with Crippen LogP contribution in [0, 0.1) is 0 Å². The van der Waals surface area contributed by atoms with Gasteiger partial charge >= 0.3 is 5.97 Å². The largest absolute Gasteiger partial charge is 0.493 e. The smallest absolute Gasteiger partial charge is 0.306 e. The highest BCUT2D eigenvalue weighted by Crippen LogP contribution is 2.27. The number of aliphatic carboxylic acids is 1. The van der Waals surface area contributed by atoms with Crippen molar-refractivity contribution in [3.05, 3.63) is 29.3 Å². The molecule has 1 amide bonds. The van der Waals surface area contributed by atoms with Crippen LogP contribution in [0.4, 0.5) is 0 Å². The number of rotatable bonds is 4. The van der Waals surface area contributed by atoms with Gasteiger partial charge < -0.3 is 14.7 Å². The third kappa shape index (κ3) is 3.05. The SMILES string of the molecule is CN1CCCc2c(OCCC(=O)O)cccc2C1=O. The van der Waals surface area contributed by atoms with Gasteiger partial charge in [-0.15, -0.1) is 0 Å². The highest BCUT2D eigenvalue weighted by molar-refractivity contribution is 5.96. The molecular weight excluding hydrogens is 246 g/mol. The number of benzene rings is 1. The van der Waals surface area contributed by atoms with Crippen molar-refractivity contribution in [2.24, 2.45) is 0 Å². The summed E-state index contributed by atoms with van der Waals surface area (Å²) >= 11 is 0. The van der Waals surface area contributed by atoms with Crippen LogP contribution in [-0.4, -0.2) is 42.1 Å². The van der Waals surface area contributed by atoms with Crippen LogP contribution in [0.25, 0.3) is 0 Å². The molecule has 1 N–H and O–H groups in total. The molecule has 2 rings (SSSR count). The molecule has 5 heteroatoms. The second-order valence-electron chi connectivity index (χ2n) is 4.60. The van der Waals surface area contributed by atoms with Gasteiger partial charge in [-0.3, -0.25) is 9.59 Å². The van der Waals surface area contributed by atoms with Crippen LogP contribution in [-0.2, 0) is 11.2 Å². The summed E-state index contributed by atoms with van der Waals surface area (Å²) in [5.74, 6) is -0.267. The van der Waals surface area contributed by atoms with Gasteiger partial charge in [0.15, 0.2) is 0 Å². The van der Waals surface area contributed by atoms with Gasteiger partial charge in [0, 0.05) is 24.7 Å². The van der Waals surface area contributed by atoms with E-state index in [1.54, 1.807) is 30.1 Å². The number of fused-ring (bicyclic) bond motifs is 1. The molecule has 1 heterocycles. The molecule has 0 unspecified atom stereocenters. The van der Waals surface area contributed by atoms with Gasteiger partial charge in [0.2, 0.25) is 0 Å². The predicted octanol–water partition coefficient (Wildman–Crippen LogP) is 1.56. The number of carboxylic acid groups (broad SMARTS) is 1. The first-order valence-electron chi connectivity index (χ1n) is 6.31. The van der Waals surface area contributed by atoms with Crippen LogP contribution in [0.15, 0.2) is 18.2 Å². The Bertz CT molecular complexity index is 498. The maximum Gasteiger partial charge on any atom is 0.306 e. The molecule has 19 heavy (non-hydrogen) atoms. The first-order valence-corrected chi connectivity index (χ1v) is 6.31. The molecular formula is C14H17NO4. The summed E-state index contributed by atoms with van der Waals surface area (Å²) in [4.78, 5) is 24.3. The third-order valence-corrected chi connectivity index (χ3v) is 3.20. The molecule has 0 atom stereocenters. The van der Waals surface area contributed by atoms with E-state index in [2.05, 4.69) is 0 Å². The number of carboxylic acids is 1. The van der Waals surface area contributed by atoms with Gasteiger partial charge in [-0.2, -0.15) is 0 Å². The van der Waals surface area contributed by atoms with Crippen molar-refractivity contribution in [3.63, 3.8) is 0 Å². The average molecular weight is 263 g/mol. The maximum absolute atomic E-state index is 12.1. The van der Waals surface area contributed by atoms with Gasteiger partial charge in [0.1, 0.15) is 5.75 Å². The average Bonchev–Trinajstić information content (AvgIpc) is 2.51. The lowest BCUT2D eigenvalue weighted by atomic mass is 10.0. The molecule has 1 aromatic carbocycles. The summed E-state index contributed by atoms with van der Waals surface area (Å²) < 4.78 is 5.50. The highest BCUT2D eigenvalue weighted by Gasteiger charge is 2.22. The molecule has 0 spiro atoms. The number of nitrogens with zero attached hydrogens (tertiary/aromatic N) is 1.